The molecular weight excluding hydrogens is 330 g/mol. The van der Waals surface area contributed by atoms with E-state index in [1.807, 2.05) is 19.1 Å². The lowest BCUT2D eigenvalue weighted by molar-refractivity contribution is 0.214. The van der Waals surface area contributed by atoms with E-state index < -0.39 is 0 Å². The fraction of sp³-hybridized carbons (Fsp3) is 0.368. The summed E-state index contributed by atoms with van der Waals surface area (Å²) in [5.74, 6) is 0.852. The SMILES string of the molecule is Cc1ocnc1CN1CCCC1Cn1nc(-c2ccncc2)ccc1=O. The molecule has 7 heteroatoms. The van der Waals surface area contributed by atoms with Crippen LogP contribution in [0.25, 0.3) is 11.3 Å². The second kappa shape index (κ2) is 7.21. The molecule has 0 spiro atoms. The molecule has 4 heterocycles. The summed E-state index contributed by atoms with van der Waals surface area (Å²) in [6, 6.07) is 7.41. The first kappa shape index (κ1) is 16.7. The molecule has 4 rings (SSSR count). The molecule has 1 unspecified atom stereocenters. The molecule has 1 aliphatic heterocycles. The van der Waals surface area contributed by atoms with Crippen LogP contribution in [-0.2, 0) is 13.1 Å². The molecule has 1 atom stereocenters. The van der Waals surface area contributed by atoms with Crippen LogP contribution >= 0.6 is 0 Å². The largest absolute Gasteiger partial charge is 0.448 e. The minimum Gasteiger partial charge on any atom is -0.448 e. The van der Waals surface area contributed by atoms with E-state index in [1.165, 1.54) is 6.39 Å². The van der Waals surface area contributed by atoms with E-state index in [0.717, 1.165) is 48.6 Å². The average Bonchev–Trinajstić information content (AvgIpc) is 3.27. The highest BCUT2D eigenvalue weighted by atomic mass is 16.3. The van der Waals surface area contributed by atoms with Crippen LogP contribution in [0.4, 0.5) is 0 Å². The Kier molecular flexibility index (Phi) is 4.62. The number of aromatic nitrogens is 4. The lowest BCUT2D eigenvalue weighted by Crippen LogP contribution is -2.36. The van der Waals surface area contributed by atoms with Crippen LogP contribution in [0.3, 0.4) is 0 Å². The highest BCUT2D eigenvalue weighted by molar-refractivity contribution is 5.56. The first-order valence-electron chi connectivity index (χ1n) is 8.82. The average molecular weight is 351 g/mol. The summed E-state index contributed by atoms with van der Waals surface area (Å²) >= 11 is 0. The summed E-state index contributed by atoms with van der Waals surface area (Å²) in [4.78, 5) is 23.0. The first-order valence-corrected chi connectivity index (χ1v) is 8.82. The minimum atomic E-state index is -0.0766. The molecule has 134 valence electrons. The topological polar surface area (TPSA) is 77.1 Å². The number of hydrogen-bond acceptors (Lipinski definition) is 6. The van der Waals surface area contributed by atoms with Gasteiger partial charge in [0, 0.05) is 36.6 Å². The maximum atomic E-state index is 12.3. The van der Waals surface area contributed by atoms with Gasteiger partial charge in [-0.2, -0.15) is 5.10 Å². The third-order valence-electron chi connectivity index (χ3n) is 4.92. The second-order valence-electron chi connectivity index (χ2n) is 6.60. The Morgan fingerprint density at radius 2 is 2.08 bits per heavy atom. The summed E-state index contributed by atoms with van der Waals surface area (Å²) in [5.41, 5.74) is 2.62. The van der Waals surface area contributed by atoms with Gasteiger partial charge in [-0.15, -0.1) is 0 Å². The zero-order chi connectivity index (χ0) is 17.9. The van der Waals surface area contributed by atoms with E-state index in [1.54, 1.807) is 29.2 Å². The van der Waals surface area contributed by atoms with Gasteiger partial charge in [0.2, 0.25) is 0 Å². The molecule has 0 radical (unpaired) electrons. The summed E-state index contributed by atoms with van der Waals surface area (Å²) in [7, 11) is 0. The Hall–Kier alpha value is -2.80. The van der Waals surface area contributed by atoms with Crippen molar-refractivity contribution >= 4 is 0 Å². The van der Waals surface area contributed by atoms with E-state index in [4.69, 9.17) is 4.42 Å². The fourth-order valence-electron chi connectivity index (χ4n) is 3.44. The van der Waals surface area contributed by atoms with Crippen molar-refractivity contribution in [3.8, 4) is 11.3 Å². The molecule has 0 amide bonds. The van der Waals surface area contributed by atoms with Crippen molar-refractivity contribution in [1.82, 2.24) is 24.6 Å². The molecule has 0 N–H and O–H groups in total. The molecular formula is C19H21N5O2. The van der Waals surface area contributed by atoms with Gasteiger partial charge in [-0.3, -0.25) is 14.7 Å². The smallest absolute Gasteiger partial charge is 0.266 e. The lowest BCUT2D eigenvalue weighted by Gasteiger charge is -2.24. The van der Waals surface area contributed by atoms with Crippen LogP contribution in [0, 0.1) is 6.92 Å². The van der Waals surface area contributed by atoms with E-state index >= 15 is 0 Å². The Morgan fingerprint density at radius 1 is 1.23 bits per heavy atom. The Morgan fingerprint density at radius 3 is 2.85 bits per heavy atom. The van der Waals surface area contributed by atoms with Crippen molar-refractivity contribution in [2.45, 2.75) is 38.9 Å². The minimum absolute atomic E-state index is 0.0766. The molecule has 1 fully saturated rings. The van der Waals surface area contributed by atoms with Gasteiger partial charge in [-0.05, 0) is 44.5 Å². The monoisotopic (exact) mass is 351 g/mol. The standard InChI is InChI=1S/C19H21N5O2/c1-14-18(21-13-26-14)12-23-10-2-3-16(23)11-24-19(25)5-4-17(22-24)15-6-8-20-9-7-15/h4-9,13,16H,2-3,10-12H2,1H3. The number of nitrogens with zero attached hydrogens (tertiary/aromatic N) is 5. The van der Waals surface area contributed by atoms with Crippen LogP contribution in [0.15, 0.2) is 52.3 Å². The van der Waals surface area contributed by atoms with E-state index in [2.05, 4.69) is 20.0 Å². The molecule has 0 saturated carbocycles. The van der Waals surface area contributed by atoms with Gasteiger partial charge in [-0.1, -0.05) is 0 Å². The van der Waals surface area contributed by atoms with Gasteiger partial charge in [0.25, 0.3) is 5.56 Å². The van der Waals surface area contributed by atoms with Crippen molar-refractivity contribution in [2.24, 2.45) is 0 Å². The second-order valence-corrected chi connectivity index (χ2v) is 6.60. The molecule has 26 heavy (non-hydrogen) atoms. The van der Waals surface area contributed by atoms with E-state index in [9.17, 15) is 4.79 Å². The van der Waals surface area contributed by atoms with Crippen LogP contribution < -0.4 is 5.56 Å². The Balaban J connectivity index is 1.54. The molecule has 3 aromatic rings. The summed E-state index contributed by atoms with van der Waals surface area (Å²) in [5, 5.41) is 4.57. The molecule has 1 saturated heterocycles. The summed E-state index contributed by atoms with van der Waals surface area (Å²) < 4.78 is 6.88. The third-order valence-corrected chi connectivity index (χ3v) is 4.92. The first-order chi connectivity index (χ1) is 12.7. The van der Waals surface area contributed by atoms with E-state index in [-0.39, 0.29) is 11.6 Å². The molecule has 1 aliphatic rings. The van der Waals surface area contributed by atoms with Gasteiger partial charge >= 0.3 is 0 Å². The van der Waals surface area contributed by atoms with Crippen molar-refractivity contribution in [1.29, 1.82) is 0 Å². The van der Waals surface area contributed by atoms with Gasteiger partial charge in [0.05, 0.1) is 17.9 Å². The highest BCUT2D eigenvalue weighted by Gasteiger charge is 2.26. The van der Waals surface area contributed by atoms with Crippen LogP contribution in [-0.4, -0.2) is 37.2 Å². The maximum Gasteiger partial charge on any atom is 0.266 e. The van der Waals surface area contributed by atoms with Gasteiger partial charge < -0.3 is 4.42 Å². The highest BCUT2D eigenvalue weighted by Crippen LogP contribution is 2.22. The van der Waals surface area contributed by atoms with Crippen LogP contribution in [0.1, 0.15) is 24.3 Å². The molecule has 0 aromatic carbocycles. The lowest BCUT2D eigenvalue weighted by atomic mass is 10.2. The maximum absolute atomic E-state index is 12.3. The molecule has 3 aromatic heterocycles. The number of aryl methyl sites for hydroxylation is 1. The molecule has 0 bridgehead atoms. The third kappa shape index (κ3) is 3.43. The Labute approximate surface area is 151 Å². The normalized spacial score (nSPS) is 17.7. The van der Waals surface area contributed by atoms with Gasteiger partial charge in [-0.25, -0.2) is 9.67 Å². The Bertz CT molecular complexity index is 934. The van der Waals surface area contributed by atoms with Crippen molar-refractivity contribution in [3.05, 3.63) is 64.9 Å². The number of oxazole rings is 1. The van der Waals surface area contributed by atoms with Gasteiger partial charge in [0.1, 0.15) is 5.76 Å². The zero-order valence-electron chi connectivity index (χ0n) is 14.7. The quantitative estimate of drug-likeness (QED) is 0.702. The molecule has 0 aliphatic carbocycles. The van der Waals surface area contributed by atoms with E-state index in [0.29, 0.717) is 6.54 Å². The van der Waals surface area contributed by atoms with Crippen LogP contribution in [0.5, 0.6) is 0 Å². The molecule has 7 nitrogen and oxygen atoms in total. The van der Waals surface area contributed by atoms with Crippen molar-refractivity contribution in [2.75, 3.05) is 6.54 Å². The number of pyridine rings is 1. The van der Waals surface area contributed by atoms with Crippen molar-refractivity contribution in [3.63, 3.8) is 0 Å². The van der Waals surface area contributed by atoms with Crippen molar-refractivity contribution < 1.29 is 4.42 Å². The summed E-state index contributed by atoms with van der Waals surface area (Å²) in [6.45, 7) is 4.24. The number of rotatable bonds is 5. The predicted octanol–water partition coefficient (Wildman–Crippen LogP) is 2.27. The summed E-state index contributed by atoms with van der Waals surface area (Å²) in [6.07, 6.45) is 7.10. The fourth-order valence-corrected chi connectivity index (χ4v) is 3.44. The number of likely N-dealkylation sites (tertiary alicyclic amines) is 1. The zero-order valence-corrected chi connectivity index (χ0v) is 14.7. The predicted molar refractivity (Wildman–Crippen MR) is 96.4 cm³/mol. The van der Waals surface area contributed by atoms with Gasteiger partial charge in [0.15, 0.2) is 6.39 Å². The van der Waals surface area contributed by atoms with Crippen LogP contribution in [0.2, 0.25) is 0 Å². The number of hydrogen-bond donors (Lipinski definition) is 0.